The minimum atomic E-state index is 0.543. The van der Waals surface area contributed by atoms with Gasteiger partial charge in [-0.15, -0.1) is 0 Å². The van der Waals surface area contributed by atoms with Crippen LogP contribution in [0.3, 0.4) is 0 Å². The molecule has 1 aliphatic carbocycles. The normalized spacial score (nSPS) is 17.4. The van der Waals surface area contributed by atoms with E-state index in [1.807, 2.05) is 0 Å². The fourth-order valence-electron chi connectivity index (χ4n) is 2.62. The first-order valence-electron chi connectivity index (χ1n) is 6.45. The Kier molecular flexibility index (Phi) is 3.65. The fourth-order valence-corrected chi connectivity index (χ4v) is 2.62. The number of nitrogens with one attached hydrogen (secondary N) is 1. The van der Waals surface area contributed by atoms with Gasteiger partial charge in [0.1, 0.15) is 0 Å². The first kappa shape index (κ1) is 11.7. The molecule has 0 radical (unpaired) electrons. The molecule has 0 spiro atoms. The van der Waals surface area contributed by atoms with Gasteiger partial charge in [-0.3, -0.25) is 0 Å². The van der Waals surface area contributed by atoms with Gasteiger partial charge in [0.25, 0.3) is 0 Å². The molecule has 1 saturated carbocycles. The van der Waals surface area contributed by atoms with Crippen molar-refractivity contribution in [2.75, 3.05) is 7.05 Å². The molecular formula is C15H23N. The second-order valence-electron chi connectivity index (χ2n) is 5.17. The van der Waals surface area contributed by atoms with Gasteiger partial charge in [0.2, 0.25) is 0 Å². The molecule has 1 aromatic rings. The summed E-state index contributed by atoms with van der Waals surface area (Å²) in [4.78, 5) is 0. The monoisotopic (exact) mass is 217 g/mol. The highest BCUT2D eigenvalue weighted by Gasteiger charge is 2.23. The minimum Gasteiger partial charge on any atom is -0.313 e. The van der Waals surface area contributed by atoms with Crippen LogP contribution in [-0.4, -0.2) is 7.05 Å². The zero-order valence-electron chi connectivity index (χ0n) is 10.7. The van der Waals surface area contributed by atoms with Crippen LogP contribution in [0.2, 0.25) is 0 Å². The smallest absolute Gasteiger partial charge is 0.0322 e. The maximum atomic E-state index is 3.48. The summed E-state index contributed by atoms with van der Waals surface area (Å²) < 4.78 is 0. The zero-order valence-corrected chi connectivity index (χ0v) is 10.7. The molecule has 1 fully saturated rings. The van der Waals surface area contributed by atoms with Crippen molar-refractivity contribution in [2.45, 2.75) is 45.6 Å². The van der Waals surface area contributed by atoms with Gasteiger partial charge in [-0.2, -0.15) is 0 Å². The van der Waals surface area contributed by atoms with E-state index in [1.165, 1.54) is 42.4 Å². The second-order valence-corrected chi connectivity index (χ2v) is 5.17. The highest BCUT2D eigenvalue weighted by Crippen LogP contribution is 2.36. The molecule has 0 bridgehead atoms. The van der Waals surface area contributed by atoms with Crippen LogP contribution in [0.1, 0.15) is 48.4 Å². The van der Waals surface area contributed by atoms with Crippen LogP contribution < -0.4 is 5.32 Å². The maximum absolute atomic E-state index is 3.48. The van der Waals surface area contributed by atoms with Crippen LogP contribution in [0.4, 0.5) is 0 Å². The van der Waals surface area contributed by atoms with Gasteiger partial charge in [0, 0.05) is 6.04 Å². The first-order valence-corrected chi connectivity index (χ1v) is 6.45. The Labute approximate surface area is 99.3 Å². The lowest BCUT2D eigenvalue weighted by Gasteiger charge is -2.21. The highest BCUT2D eigenvalue weighted by molar-refractivity contribution is 5.36. The molecule has 2 rings (SSSR count). The summed E-state index contributed by atoms with van der Waals surface area (Å²) in [6, 6.07) is 7.15. The number of hydrogen-bond acceptors (Lipinski definition) is 1. The molecule has 1 aliphatic rings. The van der Waals surface area contributed by atoms with Crippen molar-refractivity contribution in [1.29, 1.82) is 0 Å². The number of benzene rings is 1. The summed E-state index contributed by atoms with van der Waals surface area (Å²) in [6.45, 7) is 4.45. The van der Waals surface area contributed by atoms with Crippen molar-refractivity contribution < 1.29 is 0 Å². The molecule has 0 saturated heterocycles. The SMILES string of the molecule is CNC(CCC1CC1)c1c(C)cccc1C. The topological polar surface area (TPSA) is 12.0 Å². The average molecular weight is 217 g/mol. The molecule has 16 heavy (non-hydrogen) atoms. The molecule has 1 heteroatoms. The molecular weight excluding hydrogens is 194 g/mol. The van der Waals surface area contributed by atoms with Crippen molar-refractivity contribution in [3.8, 4) is 0 Å². The van der Waals surface area contributed by atoms with Crippen LogP contribution in [-0.2, 0) is 0 Å². The largest absolute Gasteiger partial charge is 0.313 e. The molecule has 1 N–H and O–H groups in total. The van der Waals surface area contributed by atoms with Crippen molar-refractivity contribution >= 4 is 0 Å². The molecule has 0 aromatic heterocycles. The lowest BCUT2D eigenvalue weighted by Crippen LogP contribution is -2.18. The van der Waals surface area contributed by atoms with E-state index in [9.17, 15) is 0 Å². The summed E-state index contributed by atoms with van der Waals surface area (Å²) in [5.74, 6) is 1.03. The maximum Gasteiger partial charge on any atom is 0.0322 e. The van der Waals surface area contributed by atoms with Gasteiger partial charge in [0.15, 0.2) is 0 Å². The fraction of sp³-hybridized carbons (Fsp3) is 0.600. The molecule has 1 aromatic carbocycles. The van der Waals surface area contributed by atoms with Crippen LogP contribution in [0.25, 0.3) is 0 Å². The molecule has 0 aliphatic heterocycles. The van der Waals surface area contributed by atoms with Crippen molar-refractivity contribution in [1.82, 2.24) is 5.32 Å². The van der Waals surface area contributed by atoms with Crippen LogP contribution in [0, 0.1) is 19.8 Å². The Morgan fingerprint density at radius 2 is 1.88 bits per heavy atom. The summed E-state index contributed by atoms with van der Waals surface area (Å²) in [7, 11) is 2.09. The average Bonchev–Trinajstić information content (AvgIpc) is 3.06. The molecule has 1 nitrogen and oxygen atoms in total. The standard InChI is InChI=1S/C15H23N/c1-11-5-4-6-12(2)15(11)14(16-3)10-9-13-7-8-13/h4-6,13-14,16H,7-10H2,1-3H3. The van der Waals surface area contributed by atoms with Gasteiger partial charge in [-0.1, -0.05) is 31.0 Å². The van der Waals surface area contributed by atoms with E-state index < -0.39 is 0 Å². The van der Waals surface area contributed by atoms with E-state index in [-0.39, 0.29) is 0 Å². The predicted octanol–water partition coefficient (Wildman–Crippen LogP) is 3.75. The van der Waals surface area contributed by atoms with E-state index in [0.29, 0.717) is 6.04 Å². The Morgan fingerprint density at radius 1 is 1.25 bits per heavy atom. The zero-order chi connectivity index (χ0) is 11.5. The second kappa shape index (κ2) is 5.01. The lowest BCUT2D eigenvalue weighted by atomic mass is 9.92. The Hall–Kier alpha value is -0.820. The van der Waals surface area contributed by atoms with Gasteiger partial charge >= 0.3 is 0 Å². The lowest BCUT2D eigenvalue weighted by molar-refractivity contribution is 0.502. The van der Waals surface area contributed by atoms with Gasteiger partial charge in [0.05, 0.1) is 0 Å². The van der Waals surface area contributed by atoms with Crippen LogP contribution in [0.15, 0.2) is 18.2 Å². The van der Waals surface area contributed by atoms with Crippen molar-refractivity contribution in [3.05, 3.63) is 34.9 Å². The predicted molar refractivity (Wildman–Crippen MR) is 69.7 cm³/mol. The van der Waals surface area contributed by atoms with Crippen LogP contribution in [0.5, 0.6) is 0 Å². The molecule has 88 valence electrons. The third-order valence-electron chi connectivity index (χ3n) is 3.80. The third-order valence-corrected chi connectivity index (χ3v) is 3.80. The van der Waals surface area contributed by atoms with E-state index in [2.05, 4.69) is 44.4 Å². The van der Waals surface area contributed by atoms with Gasteiger partial charge < -0.3 is 5.32 Å². The van der Waals surface area contributed by atoms with E-state index in [1.54, 1.807) is 0 Å². The Balaban J connectivity index is 2.11. The van der Waals surface area contributed by atoms with E-state index in [0.717, 1.165) is 5.92 Å². The third kappa shape index (κ3) is 2.65. The van der Waals surface area contributed by atoms with E-state index >= 15 is 0 Å². The quantitative estimate of drug-likeness (QED) is 0.792. The molecule has 0 heterocycles. The van der Waals surface area contributed by atoms with Gasteiger partial charge in [-0.05, 0) is 56.3 Å². The number of rotatable bonds is 5. The molecule has 1 atom stereocenters. The van der Waals surface area contributed by atoms with Gasteiger partial charge in [-0.25, -0.2) is 0 Å². The summed E-state index contributed by atoms with van der Waals surface area (Å²) in [5.41, 5.74) is 4.37. The highest BCUT2D eigenvalue weighted by atomic mass is 14.9. The number of aryl methyl sites for hydroxylation is 2. The summed E-state index contributed by atoms with van der Waals surface area (Å²) >= 11 is 0. The summed E-state index contributed by atoms with van der Waals surface area (Å²) in [6.07, 6.45) is 5.60. The summed E-state index contributed by atoms with van der Waals surface area (Å²) in [5, 5.41) is 3.48. The van der Waals surface area contributed by atoms with Crippen molar-refractivity contribution in [2.24, 2.45) is 5.92 Å². The Morgan fingerprint density at radius 3 is 2.38 bits per heavy atom. The number of hydrogen-bond donors (Lipinski definition) is 1. The van der Waals surface area contributed by atoms with Crippen LogP contribution >= 0.6 is 0 Å². The minimum absolute atomic E-state index is 0.543. The van der Waals surface area contributed by atoms with E-state index in [4.69, 9.17) is 0 Å². The molecule has 0 amide bonds. The molecule has 1 unspecified atom stereocenters. The Bertz CT molecular complexity index is 332. The van der Waals surface area contributed by atoms with Crippen molar-refractivity contribution in [3.63, 3.8) is 0 Å². The first-order chi connectivity index (χ1) is 7.72.